The molecule has 7 heteroatoms. The molecule has 0 heterocycles. The molecule has 1 amide bonds. The van der Waals surface area contributed by atoms with Gasteiger partial charge in [0.05, 0.1) is 25.7 Å². The molecule has 0 aromatic heterocycles. The number of nitrogens with one attached hydrogen (secondary N) is 1. The zero-order valence-electron chi connectivity index (χ0n) is 12.8. The van der Waals surface area contributed by atoms with E-state index in [2.05, 4.69) is 5.32 Å². The Kier molecular flexibility index (Phi) is 6.62. The Morgan fingerprint density at radius 1 is 1.27 bits per heavy atom. The van der Waals surface area contributed by atoms with E-state index in [-0.39, 0.29) is 23.6 Å². The number of rotatable bonds is 8. The summed E-state index contributed by atoms with van der Waals surface area (Å²) in [4.78, 5) is 23.1. The second kappa shape index (κ2) is 8.21. The first-order chi connectivity index (χ1) is 10.4. The molecule has 1 rings (SSSR count). The van der Waals surface area contributed by atoms with Gasteiger partial charge in [0, 0.05) is 12.6 Å². The number of halogens is 1. The van der Waals surface area contributed by atoms with Crippen molar-refractivity contribution in [2.45, 2.75) is 19.8 Å². The molecule has 0 bridgehead atoms. The molecule has 1 unspecified atom stereocenters. The Morgan fingerprint density at radius 2 is 1.86 bits per heavy atom. The maximum atomic E-state index is 13.9. The quantitative estimate of drug-likeness (QED) is 0.767. The van der Waals surface area contributed by atoms with Gasteiger partial charge in [0.1, 0.15) is 5.82 Å². The minimum atomic E-state index is -0.991. The lowest BCUT2D eigenvalue weighted by Gasteiger charge is -2.14. The highest BCUT2D eigenvalue weighted by atomic mass is 19.1. The van der Waals surface area contributed by atoms with Crippen LogP contribution in [0.1, 0.15) is 30.1 Å². The number of carboxylic acids is 1. The molecule has 1 atom stereocenters. The van der Waals surface area contributed by atoms with Crippen LogP contribution >= 0.6 is 0 Å². The van der Waals surface area contributed by atoms with Crippen molar-refractivity contribution in [2.75, 3.05) is 20.8 Å². The van der Waals surface area contributed by atoms with E-state index in [1.165, 1.54) is 20.3 Å². The smallest absolute Gasteiger partial charge is 0.308 e. The van der Waals surface area contributed by atoms with Crippen LogP contribution in [-0.2, 0) is 4.79 Å². The van der Waals surface area contributed by atoms with Gasteiger partial charge in [-0.1, -0.05) is 13.3 Å². The molecule has 0 radical (unpaired) electrons. The first-order valence-corrected chi connectivity index (χ1v) is 6.87. The molecule has 0 aliphatic heterocycles. The largest absolute Gasteiger partial charge is 0.493 e. The van der Waals surface area contributed by atoms with E-state index in [0.29, 0.717) is 12.8 Å². The first-order valence-electron chi connectivity index (χ1n) is 6.87. The molecule has 6 nitrogen and oxygen atoms in total. The summed E-state index contributed by atoms with van der Waals surface area (Å²) < 4.78 is 23.9. The van der Waals surface area contributed by atoms with Crippen molar-refractivity contribution >= 4 is 11.9 Å². The van der Waals surface area contributed by atoms with Crippen molar-refractivity contribution in [2.24, 2.45) is 5.92 Å². The predicted octanol–water partition coefficient (Wildman–Crippen LogP) is 2.07. The molecule has 0 fully saturated rings. The van der Waals surface area contributed by atoms with Crippen LogP contribution in [0.25, 0.3) is 0 Å². The summed E-state index contributed by atoms with van der Waals surface area (Å²) in [6.45, 7) is 1.79. The second-order valence-electron chi connectivity index (χ2n) is 4.72. The van der Waals surface area contributed by atoms with E-state index in [4.69, 9.17) is 14.6 Å². The van der Waals surface area contributed by atoms with Crippen molar-refractivity contribution < 1.29 is 28.6 Å². The molecule has 0 saturated carbocycles. The summed E-state index contributed by atoms with van der Waals surface area (Å²) in [6, 6.07) is 2.27. The van der Waals surface area contributed by atoms with Crippen molar-refractivity contribution in [1.82, 2.24) is 5.32 Å². The standard InChI is InChI=1S/C15H20FNO5/c1-4-5-9(15(19)20)8-17-14(18)10-6-12(21-2)13(22-3)7-11(10)16/h6-7,9H,4-5,8H2,1-3H3,(H,17,18)(H,19,20). The van der Waals surface area contributed by atoms with E-state index >= 15 is 0 Å². The Labute approximate surface area is 128 Å². The highest BCUT2D eigenvalue weighted by molar-refractivity contribution is 5.95. The monoisotopic (exact) mass is 313 g/mol. The van der Waals surface area contributed by atoms with Gasteiger partial charge in [0.25, 0.3) is 5.91 Å². The third-order valence-electron chi connectivity index (χ3n) is 3.21. The van der Waals surface area contributed by atoms with Gasteiger partial charge >= 0.3 is 5.97 Å². The molecule has 0 aliphatic rings. The SMILES string of the molecule is CCCC(CNC(=O)c1cc(OC)c(OC)cc1F)C(=O)O. The van der Waals surface area contributed by atoms with Gasteiger partial charge in [-0.05, 0) is 12.5 Å². The first kappa shape index (κ1) is 17.7. The van der Waals surface area contributed by atoms with Crippen molar-refractivity contribution in [3.63, 3.8) is 0 Å². The minimum absolute atomic E-state index is 0.0597. The number of ether oxygens (including phenoxy) is 2. The lowest BCUT2D eigenvalue weighted by atomic mass is 10.0. The molecular formula is C15H20FNO5. The number of benzene rings is 1. The van der Waals surface area contributed by atoms with Crippen LogP contribution in [0.15, 0.2) is 12.1 Å². The molecule has 0 spiro atoms. The fourth-order valence-corrected chi connectivity index (χ4v) is 2.00. The summed E-state index contributed by atoms with van der Waals surface area (Å²) in [5.41, 5.74) is -0.224. The number of carbonyl (C=O) groups is 2. The summed E-state index contributed by atoms with van der Waals surface area (Å²) in [7, 11) is 2.73. The lowest BCUT2D eigenvalue weighted by molar-refractivity contribution is -0.141. The molecule has 1 aromatic carbocycles. The number of methoxy groups -OCH3 is 2. The second-order valence-corrected chi connectivity index (χ2v) is 4.72. The predicted molar refractivity (Wildman–Crippen MR) is 77.9 cm³/mol. The number of carbonyl (C=O) groups excluding carboxylic acids is 1. The number of carboxylic acid groups (broad SMARTS) is 1. The Morgan fingerprint density at radius 3 is 2.36 bits per heavy atom. The molecule has 122 valence electrons. The van der Waals surface area contributed by atoms with E-state index in [1.54, 1.807) is 0 Å². The van der Waals surface area contributed by atoms with Crippen LogP contribution in [0.3, 0.4) is 0 Å². The summed E-state index contributed by atoms with van der Waals surface area (Å²) in [6.07, 6.45) is 1.11. The van der Waals surface area contributed by atoms with Gasteiger partial charge in [0.15, 0.2) is 11.5 Å². The van der Waals surface area contributed by atoms with Gasteiger partial charge in [-0.15, -0.1) is 0 Å². The van der Waals surface area contributed by atoms with Crippen molar-refractivity contribution in [3.8, 4) is 11.5 Å². The summed E-state index contributed by atoms with van der Waals surface area (Å²) in [5, 5.41) is 11.5. The van der Waals surface area contributed by atoms with Gasteiger partial charge in [-0.25, -0.2) is 4.39 Å². The summed E-state index contributed by atoms with van der Waals surface area (Å²) in [5.74, 6) is -2.76. The number of amides is 1. The normalized spacial score (nSPS) is 11.6. The number of aliphatic carboxylic acids is 1. The van der Waals surface area contributed by atoms with Crippen LogP contribution in [-0.4, -0.2) is 37.7 Å². The topological polar surface area (TPSA) is 84.9 Å². The average molecular weight is 313 g/mol. The zero-order chi connectivity index (χ0) is 16.7. The van der Waals surface area contributed by atoms with E-state index in [1.807, 2.05) is 6.92 Å². The zero-order valence-corrected chi connectivity index (χ0v) is 12.8. The highest BCUT2D eigenvalue weighted by Crippen LogP contribution is 2.29. The van der Waals surface area contributed by atoms with Gasteiger partial charge < -0.3 is 19.9 Å². The summed E-state index contributed by atoms with van der Waals surface area (Å²) >= 11 is 0. The molecule has 22 heavy (non-hydrogen) atoms. The van der Waals surface area contributed by atoms with Crippen LogP contribution in [0.4, 0.5) is 4.39 Å². The maximum absolute atomic E-state index is 13.9. The highest BCUT2D eigenvalue weighted by Gasteiger charge is 2.20. The Hall–Kier alpha value is -2.31. The Balaban J connectivity index is 2.87. The molecular weight excluding hydrogens is 293 g/mol. The van der Waals surface area contributed by atoms with Gasteiger partial charge in [0.2, 0.25) is 0 Å². The third-order valence-corrected chi connectivity index (χ3v) is 3.21. The number of hydrogen-bond acceptors (Lipinski definition) is 4. The fraction of sp³-hybridized carbons (Fsp3) is 0.467. The Bertz CT molecular complexity index is 547. The van der Waals surface area contributed by atoms with E-state index < -0.39 is 23.6 Å². The molecule has 0 aliphatic carbocycles. The lowest BCUT2D eigenvalue weighted by Crippen LogP contribution is -2.33. The van der Waals surface area contributed by atoms with Crippen molar-refractivity contribution in [3.05, 3.63) is 23.5 Å². The fourth-order valence-electron chi connectivity index (χ4n) is 2.00. The van der Waals surface area contributed by atoms with Crippen LogP contribution in [0, 0.1) is 11.7 Å². The van der Waals surface area contributed by atoms with Gasteiger partial charge in [-0.2, -0.15) is 0 Å². The minimum Gasteiger partial charge on any atom is -0.493 e. The third kappa shape index (κ3) is 4.34. The van der Waals surface area contributed by atoms with Crippen LogP contribution in [0.2, 0.25) is 0 Å². The van der Waals surface area contributed by atoms with Crippen LogP contribution < -0.4 is 14.8 Å². The van der Waals surface area contributed by atoms with Crippen molar-refractivity contribution in [1.29, 1.82) is 0 Å². The molecule has 2 N–H and O–H groups in total. The molecule has 1 aromatic rings. The van der Waals surface area contributed by atoms with Crippen LogP contribution in [0.5, 0.6) is 11.5 Å². The maximum Gasteiger partial charge on any atom is 0.308 e. The van der Waals surface area contributed by atoms with E-state index in [0.717, 1.165) is 6.07 Å². The van der Waals surface area contributed by atoms with Gasteiger partial charge in [-0.3, -0.25) is 9.59 Å². The van der Waals surface area contributed by atoms with E-state index in [9.17, 15) is 14.0 Å². The number of hydrogen-bond donors (Lipinski definition) is 2. The molecule has 0 saturated heterocycles. The average Bonchev–Trinajstić information content (AvgIpc) is 2.50.